The number of anilines is 1. The van der Waals surface area contributed by atoms with Gasteiger partial charge in [-0.1, -0.05) is 43.3 Å². The molecular formula is C41H47F3N8O3. The molecule has 2 aromatic heterocycles. The van der Waals surface area contributed by atoms with Gasteiger partial charge in [-0.3, -0.25) is 19.6 Å². The van der Waals surface area contributed by atoms with Gasteiger partial charge in [-0.25, -0.2) is 13.2 Å². The number of carbonyl (C=O) groups is 1. The Morgan fingerprint density at radius 2 is 1.93 bits per heavy atom. The Morgan fingerprint density at radius 1 is 1.13 bits per heavy atom. The smallest absolute Gasteiger partial charge is 0.319 e. The number of likely N-dealkylation sites (tertiary alicyclic amines) is 1. The summed E-state index contributed by atoms with van der Waals surface area (Å²) in [4.78, 5) is 30.4. The largest absolute Gasteiger partial charge is 0.461 e. The summed E-state index contributed by atoms with van der Waals surface area (Å²) in [5.74, 6) is -1.18. The molecule has 4 aliphatic heterocycles. The zero-order valence-electron chi connectivity index (χ0n) is 31.1. The lowest BCUT2D eigenvalue weighted by Crippen LogP contribution is -2.43. The average molecular weight is 757 g/mol. The fraction of sp³-hybridized carbons (Fsp3) is 0.488. The normalized spacial score (nSPS) is 23.4. The minimum Gasteiger partial charge on any atom is -0.461 e. The molecule has 0 spiro atoms. The van der Waals surface area contributed by atoms with Crippen LogP contribution in [-0.4, -0.2) is 107 Å². The maximum absolute atomic E-state index is 16.5. The fourth-order valence-electron chi connectivity index (χ4n) is 8.26. The topological polar surface area (TPSA) is 129 Å². The standard InChI is InChI=1S/C37H40F3N7O3.C4H7N/c38-24-17-37(12-4-16-47(37)19-24)22-49-36-44-34-28(18-43-33(32(34)40)27-7-1-5-23-6-2-8-29(39)31(23)27)35(45-36)42-14-13-41-30(48)9-3-15-46-20-25-10-11-26(21-46)50-25;1-2-3-4-5/h1-3,5-9,18,24-26H,4,10-17,19-22H2,(H,41,48)(H,42,44,45);2-3H2,1H3/b9-3+;/t24-,25?,26?,37+;/m1./s1. The van der Waals surface area contributed by atoms with Gasteiger partial charge in [0.15, 0.2) is 5.82 Å². The molecule has 8 rings (SSSR count). The number of halogens is 3. The van der Waals surface area contributed by atoms with Crippen LogP contribution in [0.4, 0.5) is 19.0 Å². The van der Waals surface area contributed by atoms with Crippen molar-refractivity contribution in [3.05, 3.63) is 66.4 Å². The summed E-state index contributed by atoms with van der Waals surface area (Å²) in [7, 11) is 0. The Morgan fingerprint density at radius 3 is 2.69 bits per heavy atom. The number of nitrogens with one attached hydrogen (secondary N) is 2. The first-order valence-corrected chi connectivity index (χ1v) is 19.3. The van der Waals surface area contributed by atoms with Gasteiger partial charge in [0.2, 0.25) is 5.91 Å². The first-order chi connectivity index (χ1) is 26.8. The molecule has 0 radical (unpaired) electrons. The molecule has 14 heteroatoms. The molecule has 2 unspecified atom stereocenters. The van der Waals surface area contributed by atoms with Crippen LogP contribution in [0.3, 0.4) is 0 Å². The van der Waals surface area contributed by atoms with Gasteiger partial charge < -0.3 is 20.1 Å². The Labute approximate surface area is 318 Å². The van der Waals surface area contributed by atoms with Crippen LogP contribution in [0.2, 0.25) is 0 Å². The van der Waals surface area contributed by atoms with Gasteiger partial charge in [-0.05, 0) is 50.1 Å². The van der Waals surface area contributed by atoms with Crippen LogP contribution in [0.25, 0.3) is 32.9 Å². The monoisotopic (exact) mass is 756 g/mol. The molecular weight excluding hydrogens is 709 g/mol. The highest BCUT2D eigenvalue weighted by atomic mass is 19.1. The maximum Gasteiger partial charge on any atom is 0.319 e. The third kappa shape index (κ3) is 8.69. The molecule has 1 amide bonds. The molecule has 0 saturated carbocycles. The number of amides is 1. The Balaban J connectivity index is 0.000000875. The van der Waals surface area contributed by atoms with Gasteiger partial charge in [0.25, 0.3) is 0 Å². The van der Waals surface area contributed by atoms with Gasteiger partial charge in [0.05, 0.1) is 29.2 Å². The van der Waals surface area contributed by atoms with Crippen molar-refractivity contribution in [2.45, 2.75) is 75.8 Å². The highest BCUT2D eigenvalue weighted by molar-refractivity contribution is 5.99. The van der Waals surface area contributed by atoms with E-state index in [1.807, 2.05) is 19.1 Å². The van der Waals surface area contributed by atoms with Crippen molar-refractivity contribution in [1.29, 1.82) is 5.26 Å². The number of benzene rings is 2. The lowest BCUT2D eigenvalue weighted by molar-refractivity contribution is -0.116. The van der Waals surface area contributed by atoms with E-state index in [0.29, 0.717) is 54.5 Å². The molecule has 2 bridgehead atoms. The molecule has 0 aliphatic carbocycles. The van der Waals surface area contributed by atoms with Gasteiger partial charge in [0.1, 0.15) is 35.6 Å². The molecule has 2 N–H and O–H groups in total. The van der Waals surface area contributed by atoms with E-state index in [2.05, 4.69) is 35.4 Å². The van der Waals surface area contributed by atoms with Crippen LogP contribution in [0.1, 0.15) is 51.9 Å². The molecule has 4 saturated heterocycles. The third-order valence-electron chi connectivity index (χ3n) is 10.8. The summed E-state index contributed by atoms with van der Waals surface area (Å²) < 4.78 is 58.0. The molecule has 290 valence electrons. The summed E-state index contributed by atoms with van der Waals surface area (Å²) in [6.07, 6.45) is 10.5. The van der Waals surface area contributed by atoms with E-state index in [1.54, 1.807) is 30.3 Å². The fourth-order valence-corrected chi connectivity index (χ4v) is 8.26. The van der Waals surface area contributed by atoms with Crippen molar-refractivity contribution in [3.63, 3.8) is 0 Å². The Bertz CT molecular complexity index is 2060. The molecule has 2 aromatic carbocycles. The van der Waals surface area contributed by atoms with E-state index in [9.17, 15) is 9.18 Å². The minimum absolute atomic E-state index is 0.0464. The summed E-state index contributed by atoms with van der Waals surface area (Å²) in [6, 6.07) is 11.8. The predicted molar refractivity (Wildman–Crippen MR) is 204 cm³/mol. The minimum atomic E-state index is -0.930. The van der Waals surface area contributed by atoms with Gasteiger partial charge >= 0.3 is 6.01 Å². The van der Waals surface area contributed by atoms with Gasteiger partial charge in [-0.15, -0.1) is 0 Å². The highest BCUT2D eigenvalue weighted by Gasteiger charge is 2.49. The van der Waals surface area contributed by atoms with E-state index in [0.717, 1.165) is 51.7 Å². The molecule has 6 heterocycles. The van der Waals surface area contributed by atoms with E-state index < -0.39 is 23.3 Å². The number of hydrogen-bond acceptors (Lipinski definition) is 10. The number of alkyl halides is 1. The third-order valence-corrected chi connectivity index (χ3v) is 10.8. The van der Waals surface area contributed by atoms with E-state index in [1.165, 1.54) is 18.3 Å². The van der Waals surface area contributed by atoms with Crippen LogP contribution < -0.4 is 15.4 Å². The van der Waals surface area contributed by atoms with Crippen molar-refractivity contribution in [2.75, 3.05) is 57.7 Å². The van der Waals surface area contributed by atoms with E-state index in [-0.39, 0.29) is 54.0 Å². The van der Waals surface area contributed by atoms with Gasteiger partial charge in [0, 0.05) is 75.3 Å². The van der Waals surface area contributed by atoms with Crippen LogP contribution in [-0.2, 0) is 9.53 Å². The molecule has 11 nitrogen and oxygen atoms in total. The number of nitriles is 1. The number of ether oxygens (including phenoxy) is 2. The second kappa shape index (κ2) is 17.3. The molecule has 4 fully saturated rings. The highest BCUT2D eigenvalue weighted by Crippen LogP contribution is 2.41. The first kappa shape index (κ1) is 38.4. The predicted octanol–water partition coefficient (Wildman–Crippen LogP) is 6.34. The van der Waals surface area contributed by atoms with Crippen molar-refractivity contribution in [2.24, 2.45) is 0 Å². The summed E-state index contributed by atoms with van der Waals surface area (Å²) >= 11 is 0. The lowest BCUT2D eigenvalue weighted by atomic mass is 9.95. The Hall–Kier alpha value is -4.84. The number of pyridine rings is 1. The Kier molecular flexibility index (Phi) is 12.1. The van der Waals surface area contributed by atoms with E-state index in [4.69, 9.17) is 14.7 Å². The second-order valence-electron chi connectivity index (χ2n) is 14.7. The number of aromatic nitrogens is 3. The van der Waals surface area contributed by atoms with Crippen LogP contribution in [0.5, 0.6) is 6.01 Å². The summed E-state index contributed by atoms with van der Waals surface area (Å²) in [5.41, 5.74) is -0.251. The number of morpholine rings is 1. The molecule has 4 aromatic rings. The average Bonchev–Trinajstić information content (AvgIpc) is 3.83. The van der Waals surface area contributed by atoms with Crippen LogP contribution in [0.15, 0.2) is 54.7 Å². The van der Waals surface area contributed by atoms with Crippen molar-refractivity contribution in [1.82, 2.24) is 30.1 Å². The zero-order valence-corrected chi connectivity index (χ0v) is 31.1. The van der Waals surface area contributed by atoms with Gasteiger partial charge in [-0.2, -0.15) is 15.2 Å². The second-order valence-corrected chi connectivity index (χ2v) is 14.7. The number of nitrogens with zero attached hydrogens (tertiary/aromatic N) is 6. The quantitative estimate of drug-likeness (QED) is 0.125. The zero-order chi connectivity index (χ0) is 38.4. The van der Waals surface area contributed by atoms with Crippen LogP contribution in [0, 0.1) is 23.0 Å². The number of rotatable bonds is 12. The first-order valence-electron chi connectivity index (χ1n) is 19.3. The SMILES string of the molecule is CCCC#N.O=C(/C=C/CN1CC2CCC(C1)O2)NCCNc1nc(OC[C@@]23CCCN2C[C@H](F)C3)nc2c(F)c(-c3cccc4cccc(F)c34)ncc12. The van der Waals surface area contributed by atoms with Crippen molar-refractivity contribution >= 4 is 33.4 Å². The molecule has 55 heavy (non-hydrogen) atoms. The number of fused-ring (bicyclic) bond motifs is 5. The maximum atomic E-state index is 16.5. The number of hydrogen-bond donors (Lipinski definition) is 2. The van der Waals surface area contributed by atoms with Crippen molar-refractivity contribution in [3.8, 4) is 23.3 Å². The summed E-state index contributed by atoms with van der Waals surface area (Å²) in [6.45, 7) is 6.33. The lowest BCUT2D eigenvalue weighted by Gasteiger charge is -2.31. The molecule has 4 atom stereocenters. The van der Waals surface area contributed by atoms with Crippen molar-refractivity contribution < 1.29 is 27.4 Å². The molecule has 4 aliphatic rings. The summed E-state index contributed by atoms with van der Waals surface area (Å²) in [5, 5.41) is 15.0. The van der Waals surface area contributed by atoms with E-state index >= 15 is 8.78 Å². The van der Waals surface area contributed by atoms with Crippen LogP contribution >= 0.6 is 0 Å². The number of carbonyl (C=O) groups excluding carboxylic acids is 1. The number of unbranched alkanes of at least 4 members (excludes halogenated alkanes) is 1.